The number of methoxy groups -OCH3 is 1. The number of hydrogen-bond acceptors (Lipinski definition) is 2. The van der Waals surface area contributed by atoms with E-state index in [0.717, 1.165) is 5.56 Å². The van der Waals surface area contributed by atoms with Crippen LogP contribution in [0.5, 0.6) is 5.75 Å². The van der Waals surface area contributed by atoms with Crippen LogP contribution in [-0.2, 0) is 0 Å². The second-order valence-electron chi connectivity index (χ2n) is 2.76. The van der Waals surface area contributed by atoms with Crippen LogP contribution in [0.3, 0.4) is 0 Å². The molecule has 64 valence electrons. The fourth-order valence-electron chi connectivity index (χ4n) is 1.10. The maximum atomic E-state index is 11.1. The van der Waals surface area contributed by atoms with E-state index in [2.05, 4.69) is 0 Å². The summed E-state index contributed by atoms with van der Waals surface area (Å²) in [5.74, 6) is 0.684. The number of Topliss-reactive ketones (excluding diaryl/α,β-unsaturated/α-hetero) is 1. The molecule has 0 aliphatic carbocycles. The Morgan fingerprint density at radius 3 is 2.58 bits per heavy atom. The molecule has 0 heterocycles. The topological polar surface area (TPSA) is 26.3 Å². The second kappa shape index (κ2) is 3.39. The zero-order valence-corrected chi connectivity index (χ0v) is 7.55. The fourth-order valence-corrected chi connectivity index (χ4v) is 1.10. The highest BCUT2D eigenvalue weighted by molar-refractivity contribution is 5.96. The first kappa shape index (κ1) is 8.78. The summed E-state index contributed by atoms with van der Waals surface area (Å²) in [6.45, 7) is 3.49. The van der Waals surface area contributed by atoms with E-state index in [0.29, 0.717) is 11.3 Å². The zero-order chi connectivity index (χ0) is 9.14. The van der Waals surface area contributed by atoms with E-state index in [1.165, 1.54) is 6.92 Å². The van der Waals surface area contributed by atoms with Gasteiger partial charge in [-0.3, -0.25) is 4.79 Å². The Morgan fingerprint density at radius 1 is 1.42 bits per heavy atom. The van der Waals surface area contributed by atoms with Crippen LogP contribution in [0.15, 0.2) is 18.2 Å². The van der Waals surface area contributed by atoms with Gasteiger partial charge in [0.1, 0.15) is 5.75 Å². The Morgan fingerprint density at radius 2 is 2.08 bits per heavy atom. The van der Waals surface area contributed by atoms with Crippen molar-refractivity contribution in [3.05, 3.63) is 29.3 Å². The molecule has 0 radical (unpaired) electrons. The maximum absolute atomic E-state index is 11.1. The molecule has 1 aromatic carbocycles. The lowest BCUT2D eigenvalue weighted by atomic mass is 10.1. The molecule has 2 heteroatoms. The summed E-state index contributed by atoms with van der Waals surface area (Å²) in [5.41, 5.74) is 1.72. The van der Waals surface area contributed by atoms with Crippen molar-refractivity contribution in [3.8, 4) is 5.75 Å². The highest BCUT2D eigenvalue weighted by atomic mass is 16.5. The largest absolute Gasteiger partial charge is 0.496 e. The Bertz CT molecular complexity index is 303. The van der Waals surface area contributed by atoms with Crippen molar-refractivity contribution in [1.82, 2.24) is 0 Å². The Labute approximate surface area is 72.2 Å². The first-order valence-electron chi connectivity index (χ1n) is 3.80. The van der Waals surface area contributed by atoms with Gasteiger partial charge in [0.25, 0.3) is 0 Å². The molecule has 0 bridgehead atoms. The Kier molecular flexibility index (Phi) is 2.48. The monoisotopic (exact) mass is 164 g/mol. The third-order valence-electron chi connectivity index (χ3n) is 1.73. The van der Waals surface area contributed by atoms with Gasteiger partial charge in [0, 0.05) is 0 Å². The lowest BCUT2D eigenvalue weighted by Gasteiger charge is -2.05. The molecule has 1 rings (SSSR count). The number of ether oxygens (including phenoxy) is 1. The molecule has 0 amide bonds. The molecule has 1 aromatic rings. The molecule has 0 atom stereocenters. The summed E-state index contributed by atoms with van der Waals surface area (Å²) in [6, 6.07) is 5.57. The van der Waals surface area contributed by atoms with Crippen LogP contribution in [0.1, 0.15) is 22.8 Å². The van der Waals surface area contributed by atoms with E-state index >= 15 is 0 Å². The fraction of sp³-hybridized carbons (Fsp3) is 0.300. The minimum atomic E-state index is 0.0375. The van der Waals surface area contributed by atoms with Crippen molar-refractivity contribution in [2.24, 2.45) is 0 Å². The van der Waals surface area contributed by atoms with Gasteiger partial charge in [-0.25, -0.2) is 0 Å². The molecule has 0 aliphatic heterocycles. The Hall–Kier alpha value is -1.31. The van der Waals surface area contributed by atoms with Gasteiger partial charge in [0.15, 0.2) is 5.78 Å². The quantitative estimate of drug-likeness (QED) is 0.626. The van der Waals surface area contributed by atoms with E-state index < -0.39 is 0 Å². The maximum Gasteiger partial charge on any atom is 0.163 e. The second-order valence-corrected chi connectivity index (χ2v) is 2.76. The lowest BCUT2D eigenvalue weighted by Crippen LogP contribution is -1.97. The molecule has 0 N–H and O–H groups in total. The molecule has 0 spiro atoms. The minimum Gasteiger partial charge on any atom is -0.496 e. The molecule has 0 unspecified atom stereocenters. The number of rotatable bonds is 2. The van der Waals surface area contributed by atoms with E-state index in [1.807, 2.05) is 25.1 Å². The highest BCUT2D eigenvalue weighted by Gasteiger charge is 2.06. The molecule has 0 saturated carbocycles. The van der Waals surface area contributed by atoms with Crippen LogP contribution >= 0.6 is 0 Å². The number of carbonyl (C=O) groups is 1. The van der Waals surface area contributed by atoms with Crippen LogP contribution in [0.25, 0.3) is 0 Å². The summed E-state index contributed by atoms with van der Waals surface area (Å²) in [7, 11) is 1.57. The summed E-state index contributed by atoms with van der Waals surface area (Å²) in [4.78, 5) is 11.1. The van der Waals surface area contributed by atoms with E-state index in [9.17, 15) is 4.79 Å². The molecule has 0 aliphatic rings. The van der Waals surface area contributed by atoms with Crippen LogP contribution in [0.4, 0.5) is 0 Å². The van der Waals surface area contributed by atoms with Crippen LogP contribution in [-0.4, -0.2) is 12.9 Å². The zero-order valence-electron chi connectivity index (χ0n) is 7.55. The summed E-state index contributed by atoms with van der Waals surface area (Å²) in [6.07, 6.45) is 0. The SMILES string of the molecule is COc1ccc(C)cc1C(C)=O. The number of aryl methyl sites for hydroxylation is 1. The van der Waals surface area contributed by atoms with Gasteiger partial charge < -0.3 is 4.74 Å². The van der Waals surface area contributed by atoms with Crippen molar-refractivity contribution >= 4 is 5.78 Å². The number of ketones is 1. The Balaban J connectivity index is 3.21. The van der Waals surface area contributed by atoms with Gasteiger partial charge in [0.2, 0.25) is 0 Å². The van der Waals surface area contributed by atoms with E-state index in [-0.39, 0.29) is 5.78 Å². The third-order valence-corrected chi connectivity index (χ3v) is 1.73. The van der Waals surface area contributed by atoms with Gasteiger partial charge in [-0.2, -0.15) is 0 Å². The van der Waals surface area contributed by atoms with Gasteiger partial charge >= 0.3 is 0 Å². The van der Waals surface area contributed by atoms with Gasteiger partial charge in [0.05, 0.1) is 12.7 Å². The molecule has 0 fully saturated rings. The normalized spacial score (nSPS) is 9.58. The number of hydrogen-bond donors (Lipinski definition) is 0. The number of carbonyl (C=O) groups excluding carboxylic acids is 1. The summed E-state index contributed by atoms with van der Waals surface area (Å²) in [5, 5.41) is 0. The van der Waals surface area contributed by atoms with Gasteiger partial charge in [-0.15, -0.1) is 0 Å². The smallest absolute Gasteiger partial charge is 0.163 e. The first-order chi connectivity index (χ1) is 5.65. The molecule has 0 aromatic heterocycles. The van der Waals surface area contributed by atoms with Gasteiger partial charge in [-0.05, 0) is 26.0 Å². The summed E-state index contributed by atoms with van der Waals surface area (Å²) >= 11 is 0. The van der Waals surface area contributed by atoms with Crippen molar-refractivity contribution in [2.45, 2.75) is 13.8 Å². The minimum absolute atomic E-state index is 0.0375. The van der Waals surface area contributed by atoms with E-state index in [4.69, 9.17) is 4.74 Å². The standard InChI is InChI=1S/C10H12O2/c1-7-4-5-10(12-3)9(6-7)8(2)11/h4-6H,1-3H3. The molecular weight excluding hydrogens is 152 g/mol. The van der Waals surface area contributed by atoms with Gasteiger partial charge in [-0.1, -0.05) is 11.6 Å². The van der Waals surface area contributed by atoms with Crippen LogP contribution in [0.2, 0.25) is 0 Å². The third kappa shape index (κ3) is 1.64. The molecule has 12 heavy (non-hydrogen) atoms. The molecular formula is C10H12O2. The van der Waals surface area contributed by atoms with Crippen molar-refractivity contribution in [3.63, 3.8) is 0 Å². The average molecular weight is 164 g/mol. The van der Waals surface area contributed by atoms with Crippen molar-refractivity contribution in [2.75, 3.05) is 7.11 Å². The summed E-state index contributed by atoms with van der Waals surface area (Å²) < 4.78 is 5.04. The predicted molar refractivity (Wildman–Crippen MR) is 47.7 cm³/mol. The molecule has 0 saturated heterocycles. The lowest BCUT2D eigenvalue weighted by molar-refractivity contribution is 0.101. The van der Waals surface area contributed by atoms with E-state index in [1.54, 1.807) is 7.11 Å². The van der Waals surface area contributed by atoms with Crippen molar-refractivity contribution in [1.29, 1.82) is 0 Å². The molecule has 2 nitrogen and oxygen atoms in total. The first-order valence-corrected chi connectivity index (χ1v) is 3.80. The van der Waals surface area contributed by atoms with Crippen molar-refractivity contribution < 1.29 is 9.53 Å². The number of benzene rings is 1. The van der Waals surface area contributed by atoms with Crippen LogP contribution < -0.4 is 4.74 Å². The average Bonchev–Trinajstić information content (AvgIpc) is 2.04. The van der Waals surface area contributed by atoms with Crippen LogP contribution in [0, 0.1) is 6.92 Å². The predicted octanol–water partition coefficient (Wildman–Crippen LogP) is 2.21. The highest BCUT2D eigenvalue weighted by Crippen LogP contribution is 2.19.